The van der Waals surface area contributed by atoms with E-state index in [1.807, 2.05) is 0 Å². The van der Waals surface area contributed by atoms with Gasteiger partial charge in [0.25, 0.3) is 0 Å². The van der Waals surface area contributed by atoms with Crippen LogP contribution >= 0.6 is 0 Å². The van der Waals surface area contributed by atoms with Crippen molar-refractivity contribution in [1.29, 1.82) is 0 Å². The summed E-state index contributed by atoms with van der Waals surface area (Å²) in [4.78, 5) is 10.7. The number of halogens is 1. The van der Waals surface area contributed by atoms with Gasteiger partial charge in [0.2, 0.25) is 0 Å². The number of nitrogens with two attached hydrogens (primary N) is 1. The first kappa shape index (κ1) is 9.92. The van der Waals surface area contributed by atoms with Gasteiger partial charge in [-0.2, -0.15) is 0 Å². The van der Waals surface area contributed by atoms with Gasteiger partial charge in [-0.1, -0.05) is 0 Å². The Morgan fingerprint density at radius 2 is 2.33 bits per heavy atom. The summed E-state index contributed by atoms with van der Waals surface area (Å²) >= 11 is 0. The van der Waals surface area contributed by atoms with Crippen molar-refractivity contribution in [3.05, 3.63) is 29.1 Å². The van der Waals surface area contributed by atoms with E-state index in [2.05, 4.69) is 0 Å². The van der Waals surface area contributed by atoms with Crippen LogP contribution in [0, 0.1) is 5.82 Å². The summed E-state index contributed by atoms with van der Waals surface area (Å²) in [5.74, 6) is -1.76. The van der Waals surface area contributed by atoms with Gasteiger partial charge in [0.1, 0.15) is 0 Å². The molecule has 3 N–H and O–H groups in total. The Morgan fingerprint density at radius 3 is 3.00 bits per heavy atom. The smallest absolute Gasteiger partial charge is 0.335 e. The Morgan fingerprint density at radius 1 is 1.60 bits per heavy atom. The van der Waals surface area contributed by atoms with E-state index in [0.29, 0.717) is 18.6 Å². The fraction of sp³-hybridized carbons (Fsp3) is 0.300. The molecule has 1 atom stereocenters. The second-order valence-corrected chi connectivity index (χ2v) is 3.43. The third-order valence-corrected chi connectivity index (χ3v) is 2.39. The fourth-order valence-electron chi connectivity index (χ4n) is 1.61. The molecule has 0 radical (unpaired) electrons. The number of carboxylic acid groups (broad SMARTS) is 1. The zero-order chi connectivity index (χ0) is 11.0. The van der Waals surface area contributed by atoms with Crippen molar-refractivity contribution in [3.63, 3.8) is 0 Å². The molecule has 1 aromatic carbocycles. The number of fused-ring (bicyclic) bond motifs is 1. The summed E-state index contributed by atoms with van der Waals surface area (Å²) < 4.78 is 18.5. The van der Waals surface area contributed by atoms with Gasteiger partial charge in [0.05, 0.1) is 12.2 Å². The molecular weight excluding hydrogens is 201 g/mol. The van der Waals surface area contributed by atoms with Gasteiger partial charge in [-0.25, -0.2) is 9.18 Å². The largest absolute Gasteiger partial charge is 0.490 e. The normalized spacial score (nSPS) is 19.2. The van der Waals surface area contributed by atoms with E-state index in [0.717, 1.165) is 6.07 Å². The molecule has 0 aromatic heterocycles. The van der Waals surface area contributed by atoms with Crippen LogP contribution in [0.2, 0.25) is 0 Å². The van der Waals surface area contributed by atoms with Crippen molar-refractivity contribution >= 4 is 5.97 Å². The van der Waals surface area contributed by atoms with Crippen LogP contribution in [0.4, 0.5) is 4.39 Å². The van der Waals surface area contributed by atoms with E-state index in [-0.39, 0.29) is 17.4 Å². The molecule has 0 fully saturated rings. The van der Waals surface area contributed by atoms with Crippen LogP contribution in [-0.4, -0.2) is 17.7 Å². The molecule has 2 rings (SSSR count). The standard InChI is InChI=1S/C10H10FNO3/c11-7-4-5(10(13)14)3-6-8(12)1-2-15-9(6)7/h3-4,8H,1-2,12H2,(H,13,14). The Kier molecular flexibility index (Phi) is 2.32. The molecule has 5 heteroatoms. The predicted molar refractivity (Wildman–Crippen MR) is 50.4 cm³/mol. The average Bonchev–Trinajstić information content (AvgIpc) is 2.19. The first-order chi connectivity index (χ1) is 7.09. The number of carboxylic acids is 1. The highest BCUT2D eigenvalue weighted by Gasteiger charge is 2.23. The van der Waals surface area contributed by atoms with E-state index < -0.39 is 11.8 Å². The van der Waals surface area contributed by atoms with E-state index in [4.69, 9.17) is 15.6 Å². The van der Waals surface area contributed by atoms with E-state index in [1.165, 1.54) is 6.07 Å². The highest BCUT2D eigenvalue weighted by Crippen LogP contribution is 2.33. The SMILES string of the molecule is NC1CCOc2c(F)cc(C(=O)O)cc21. The average molecular weight is 211 g/mol. The molecule has 4 nitrogen and oxygen atoms in total. The number of carbonyl (C=O) groups is 1. The number of hydrogen-bond acceptors (Lipinski definition) is 3. The minimum atomic E-state index is -1.17. The number of hydrogen-bond donors (Lipinski definition) is 2. The van der Waals surface area contributed by atoms with Gasteiger partial charge < -0.3 is 15.6 Å². The van der Waals surface area contributed by atoms with Crippen LogP contribution in [-0.2, 0) is 0 Å². The Bertz CT molecular complexity index is 419. The summed E-state index contributed by atoms with van der Waals surface area (Å²) in [7, 11) is 0. The maximum absolute atomic E-state index is 13.4. The summed E-state index contributed by atoms with van der Waals surface area (Å²) in [5.41, 5.74) is 6.07. The molecule has 1 unspecified atom stereocenters. The molecule has 1 aliphatic rings. The van der Waals surface area contributed by atoms with E-state index >= 15 is 0 Å². The van der Waals surface area contributed by atoms with E-state index in [9.17, 15) is 9.18 Å². The lowest BCUT2D eigenvalue weighted by molar-refractivity contribution is 0.0696. The van der Waals surface area contributed by atoms with Crippen molar-refractivity contribution in [1.82, 2.24) is 0 Å². The second kappa shape index (κ2) is 3.51. The van der Waals surface area contributed by atoms with Gasteiger partial charge in [-0.05, 0) is 12.1 Å². The number of rotatable bonds is 1. The summed E-state index contributed by atoms with van der Waals surface area (Å²) in [6.07, 6.45) is 0.565. The minimum absolute atomic E-state index is 0.0822. The Hall–Kier alpha value is -1.62. The monoisotopic (exact) mass is 211 g/mol. The van der Waals surface area contributed by atoms with E-state index in [1.54, 1.807) is 0 Å². The van der Waals surface area contributed by atoms with Crippen molar-refractivity contribution in [2.75, 3.05) is 6.61 Å². The molecule has 1 aliphatic heterocycles. The zero-order valence-electron chi connectivity index (χ0n) is 7.87. The molecule has 0 aliphatic carbocycles. The molecule has 1 heterocycles. The number of ether oxygens (including phenoxy) is 1. The molecule has 80 valence electrons. The topological polar surface area (TPSA) is 72.5 Å². The van der Waals surface area contributed by atoms with Crippen LogP contribution in [0.15, 0.2) is 12.1 Å². The van der Waals surface area contributed by atoms with Crippen LogP contribution < -0.4 is 10.5 Å². The summed E-state index contributed by atoms with van der Waals surface area (Å²) in [5, 5.41) is 8.75. The molecule has 0 saturated heterocycles. The molecule has 0 amide bonds. The maximum atomic E-state index is 13.4. The molecule has 15 heavy (non-hydrogen) atoms. The minimum Gasteiger partial charge on any atom is -0.490 e. The van der Waals surface area contributed by atoms with Gasteiger partial charge in [0.15, 0.2) is 11.6 Å². The van der Waals surface area contributed by atoms with Crippen LogP contribution in [0.3, 0.4) is 0 Å². The maximum Gasteiger partial charge on any atom is 0.335 e. The molecule has 0 bridgehead atoms. The molecule has 0 saturated carbocycles. The van der Waals surface area contributed by atoms with Gasteiger partial charge in [-0.3, -0.25) is 0 Å². The third-order valence-electron chi connectivity index (χ3n) is 2.39. The second-order valence-electron chi connectivity index (χ2n) is 3.43. The van der Waals surface area contributed by atoms with Crippen molar-refractivity contribution < 1.29 is 19.0 Å². The van der Waals surface area contributed by atoms with Crippen LogP contribution in [0.25, 0.3) is 0 Å². The van der Waals surface area contributed by atoms with Crippen molar-refractivity contribution in [2.45, 2.75) is 12.5 Å². The fourth-order valence-corrected chi connectivity index (χ4v) is 1.61. The summed E-state index contributed by atoms with van der Waals surface area (Å²) in [6, 6.07) is 1.95. The number of benzene rings is 1. The van der Waals surface area contributed by atoms with Gasteiger partial charge >= 0.3 is 5.97 Å². The predicted octanol–water partition coefficient (Wildman–Crippen LogP) is 1.31. The first-order valence-electron chi connectivity index (χ1n) is 4.54. The van der Waals surface area contributed by atoms with Crippen molar-refractivity contribution in [2.24, 2.45) is 5.73 Å². The third kappa shape index (κ3) is 1.66. The lowest BCUT2D eigenvalue weighted by atomic mass is 9.99. The van der Waals surface area contributed by atoms with Crippen LogP contribution in [0.1, 0.15) is 28.4 Å². The highest BCUT2D eigenvalue weighted by molar-refractivity contribution is 5.88. The van der Waals surface area contributed by atoms with Gasteiger partial charge in [-0.15, -0.1) is 0 Å². The first-order valence-corrected chi connectivity index (χ1v) is 4.54. The lowest BCUT2D eigenvalue weighted by Crippen LogP contribution is -2.22. The van der Waals surface area contributed by atoms with Gasteiger partial charge in [0, 0.05) is 18.0 Å². The Labute approximate surface area is 85.5 Å². The lowest BCUT2D eigenvalue weighted by Gasteiger charge is -2.23. The number of aromatic carboxylic acids is 1. The van der Waals surface area contributed by atoms with Crippen LogP contribution in [0.5, 0.6) is 5.75 Å². The molecular formula is C10H10FNO3. The zero-order valence-corrected chi connectivity index (χ0v) is 7.87. The molecule has 1 aromatic rings. The van der Waals surface area contributed by atoms with Crippen molar-refractivity contribution in [3.8, 4) is 5.75 Å². The molecule has 0 spiro atoms. The quantitative estimate of drug-likeness (QED) is 0.734. The summed E-state index contributed by atoms with van der Waals surface area (Å²) in [6.45, 7) is 0.359. The highest BCUT2D eigenvalue weighted by atomic mass is 19.1. The Balaban J connectivity index is 2.56.